The lowest BCUT2D eigenvalue weighted by molar-refractivity contribution is 0.169. The molecule has 0 spiro atoms. The van der Waals surface area contributed by atoms with Gasteiger partial charge in [0.15, 0.2) is 0 Å². The number of aliphatic hydroxyl groups excluding tert-OH is 1. The SMILES string of the molecule is CC(CNC(C)C)CN(CCCO)C(C)C. The average molecular weight is 230 g/mol. The third kappa shape index (κ3) is 8.08. The number of rotatable bonds is 9. The monoisotopic (exact) mass is 230 g/mol. The predicted octanol–water partition coefficient (Wildman–Crippen LogP) is 1.71. The van der Waals surface area contributed by atoms with Crippen molar-refractivity contribution in [1.82, 2.24) is 10.2 Å². The molecular formula is C13H30N2O. The lowest BCUT2D eigenvalue weighted by Gasteiger charge is -2.29. The van der Waals surface area contributed by atoms with E-state index < -0.39 is 0 Å². The van der Waals surface area contributed by atoms with E-state index in [1.54, 1.807) is 0 Å². The highest BCUT2D eigenvalue weighted by molar-refractivity contribution is 4.69. The lowest BCUT2D eigenvalue weighted by Crippen LogP contribution is -2.39. The Kier molecular flexibility index (Phi) is 8.90. The summed E-state index contributed by atoms with van der Waals surface area (Å²) in [7, 11) is 0. The number of hydrogen-bond donors (Lipinski definition) is 2. The molecule has 0 rings (SSSR count). The lowest BCUT2D eigenvalue weighted by atomic mass is 10.1. The highest BCUT2D eigenvalue weighted by atomic mass is 16.3. The van der Waals surface area contributed by atoms with Gasteiger partial charge in [0.2, 0.25) is 0 Å². The Labute approximate surface area is 101 Å². The van der Waals surface area contributed by atoms with E-state index in [0.717, 1.165) is 26.1 Å². The van der Waals surface area contributed by atoms with Crippen LogP contribution in [0.15, 0.2) is 0 Å². The zero-order valence-corrected chi connectivity index (χ0v) is 11.7. The molecule has 0 saturated carbocycles. The third-order valence-electron chi connectivity index (χ3n) is 2.75. The molecule has 0 radical (unpaired) electrons. The van der Waals surface area contributed by atoms with Crippen LogP contribution < -0.4 is 5.32 Å². The van der Waals surface area contributed by atoms with E-state index in [1.807, 2.05) is 0 Å². The molecule has 2 N–H and O–H groups in total. The van der Waals surface area contributed by atoms with Gasteiger partial charge in [0.1, 0.15) is 0 Å². The summed E-state index contributed by atoms with van der Waals surface area (Å²) in [4.78, 5) is 2.45. The molecule has 0 fully saturated rings. The van der Waals surface area contributed by atoms with Crippen molar-refractivity contribution in [2.45, 2.75) is 53.1 Å². The molecule has 0 heterocycles. The fraction of sp³-hybridized carbons (Fsp3) is 1.00. The van der Waals surface area contributed by atoms with E-state index in [1.165, 1.54) is 0 Å². The number of nitrogens with zero attached hydrogens (tertiary/aromatic N) is 1. The second kappa shape index (κ2) is 8.97. The predicted molar refractivity (Wildman–Crippen MR) is 70.7 cm³/mol. The maximum Gasteiger partial charge on any atom is 0.0443 e. The topological polar surface area (TPSA) is 35.5 Å². The summed E-state index contributed by atoms with van der Waals surface area (Å²) in [6.45, 7) is 14.6. The van der Waals surface area contributed by atoms with Gasteiger partial charge in [0.25, 0.3) is 0 Å². The Morgan fingerprint density at radius 1 is 1.12 bits per heavy atom. The summed E-state index contributed by atoms with van der Waals surface area (Å²) in [6, 6.07) is 1.13. The van der Waals surface area contributed by atoms with Crippen molar-refractivity contribution in [1.29, 1.82) is 0 Å². The van der Waals surface area contributed by atoms with Gasteiger partial charge < -0.3 is 15.3 Å². The highest BCUT2D eigenvalue weighted by Crippen LogP contribution is 2.05. The average Bonchev–Trinajstić information content (AvgIpc) is 2.20. The van der Waals surface area contributed by atoms with E-state index in [0.29, 0.717) is 24.6 Å². The van der Waals surface area contributed by atoms with Crippen molar-refractivity contribution in [3.63, 3.8) is 0 Å². The molecule has 0 aliphatic rings. The van der Waals surface area contributed by atoms with E-state index in [4.69, 9.17) is 5.11 Å². The van der Waals surface area contributed by atoms with Crippen molar-refractivity contribution < 1.29 is 5.11 Å². The number of nitrogens with one attached hydrogen (secondary N) is 1. The Morgan fingerprint density at radius 2 is 1.75 bits per heavy atom. The van der Waals surface area contributed by atoms with Crippen molar-refractivity contribution in [3.8, 4) is 0 Å². The summed E-state index contributed by atoms with van der Waals surface area (Å²) >= 11 is 0. The molecule has 98 valence electrons. The molecule has 0 aliphatic carbocycles. The van der Waals surface area contributed by atoms with Gasteiger partial charge in [-0.15, -0.1) is 0 Å². The fourth-order valence-corrected chi connectivity index (χ4v) is 1.74. The minimum absolute atomic E-state index is 0.293. The van der Waals surface area contributed by atoms with Crippen molar-refractivity contribution in [2.24, 2.45) is 5.92 Å². The van der Waals surface area contributed by atoms with Crippen LogP contribution in [0.1, 0.15) is 41.0 Å². The minimum Gasteiger partial charge on any atom is -0.396 e. The summed E-state index contributed by atoms with van der Waals surface area (Å²) in [6.07, 6.45) is 0.877. The second-order valence-electron chi connectivity index (χ2n) is 5.33. The summed E-state index contributed by atoms with van der Waals surface area (Å²) in [5.74, 6) is 0.656. The molecule has 0 aromatic rings. The third-order valence-corrected chi connectivity index (χ3v) is 2.75. The Balaban J connectivity index is 3.88. The van der Waals surface area contributed by atoms with Crippen LogP contribution in [0.5, 0.6) is 0 Å². The first-order valence-electron chi connectivity index (χ1n) is 6.55. The molecule has 1 unspecified atom stereocenters. The van der Waals surface area contributed by atoms with Crippen molar-refractivity contribution >= 4 is 0 Å². The van der Waals surface area contributed by atoms with Crippen molar-refractivity contribution in [3.05, 3.63) is 0 Å². The molecule has 0 amide bonds. The van der Waals surface area contributed by atoms with Gasteiger partial charge in [-0.2, -0.15) is 0 Å². The molecule has 0 saturated heterocycles. The summed E-state index contributed by atoms with van der Waals surface area (Å²) < 4.78 is 0. The smallest absolute Gasteiger partial charge is 0.0443 e. The first-order chi connectivity index (χ1) is 7.47. The number of hydrogen-bond acceptors (Lipinski definition) is 3. The first kappa shape index (κ1) is 15.9. The highest BCUT2D eigenvalue weighted by Gasteiger charge is 2.13. The van der Waals surface area contributed by atoms with Crippen molar-refractivity contribution in [2.75, 3.05) is 26.2 Å². The summed E-state index contributed by atoms with van der Waals surface area (Å²) in [5, 5.41) is 12.3. The molecule has 0 bridgehead atoms. The van der Waals surface area contributed by atoms with Gasteiger partial charge in [0, 0.05) is 31.8 Å². The quantitative estimate of drug-likeness (QED) is 0.633. The van der Waals surface area contributed by atoms with Crippen LogP contribution in [0.2, 0.25) is 0 Å². The van der Waals surface area contributed by atoms with Crippen LogP contribution in [0, 0.1) is 5.92 Å². The molecule has 1 atom stereocenters. The van der Waals surface area contributed by atoms with Gasteiger partial charge in [-0.3, -0.25) is 0 Å². The van der Waals surface area contributed by atoms with Gasteiger partial charge >= 0.3 is 0 Å². The molecule has 16 heavy (non-hydrogen) atoms. The molecule has 0 aromatic carbocycles. The van der Waals surface area contributed by atoms with Crippen LogP contribution in [-0.2, 0) is 0 Å². The Hall–Kier alpha value is -0.120. The standard InChI is InChI=1S/C13H30N2O/c1-11(2)14-9-13(5)10-15(12(3)4)7-6-8-16/h11-14,16H,6-10H2,1-5H3. The molecule has 0 aromatic heterocycles. The van der Waals surface area contributed by atoms with Crippen LogP contribution in [0.25, 0.3) is 0 Å². The van der Waals surface area contributed by atoms with Gasteiger partial charge in [-0.25, -0.2) is 0 Å². The van der Waals surface area contributed by atoms with E-state index in [-0.39, 0.29) is 0 Å². The second-order valence-corrected chi connectivity index (χ2v) is 5.33. The molecule has 0 aliphatic heterocycles. The molecular weight excluding hydrogens is 200 g/mol. The van der Waals surface area contributed by atoms with E-state index in [2.05, 4.69) is 44.8 Å². The van der Waals surface area contributed by atoms with Crippen LogP contribution in [0.3, 0.4) is 0 Å². The molecule has 3 nitrogen and oxygen atoms in total. The summed E-state index contributed by atoms with van der Waals surface area (Å²) in [5.41, 5.74) is 0. The number of aliphatic hydroxyl groups is 1. The fourth-order valence-electron chi connectivity index (χ4n) is 1.74. The molecule has 3 heteroatoms. The van der Waals surface area contributed by atoms with E-state index >= 15 is 0 Å². The van der Waals surface area contributed by atoms with Crippen LogP contribution in [-0.4, -0.2) is 48.3 Å². The largest absolute Gasteiger partial charge is 0.396 e. The van der Waals surface area contributed by atoms with Crippen LogP contribution in [0.4, 0.5) is 0 Å². The normalized spacial score (nSPS) is 14.1. The van der Waals surface area contributed by atoms with Gasteiger partial charge in [-0.1, -0.05) is 20.8 Å². The maximum atomic E-state index is 8.87. The zero-order chi connectivity index (χ0) is 12.6. The Morgan fingerprint density at radius 3 is 2.19 bits per heavy atom. The first-order valence-corrected chi connectivity index (χ1v) is 6.55. The van der Waals surface area contributed by atoms with Crippen LogP contribution >= 0.6 is 0 Å². The maximum absolute atomic E-state index is 8.87. The zero-order valence-electron chi connectivity index (χ0n) is 11.7. The van der Waals surface area contributed by atoms with Gasteiger partial charge in [-0.05, 0) is 32.7 Å². The Bertz CT molecular complexity index is 160. The van der Waals surface area contributed by atoms with E-state index in [9.17, 15) is 0 Å². The van der Waals surface area contributed by atoms with Gasteiger partial charge in [0.05, 0.1) is 0 Å². The minimum atomic E-state index is 0.293.